The predicted octanol–water partition coefficient (Wildman–Crippen LogP) is 6.81. The summed E-state index contributed by atoms with van der Waals surface area (Å²) in [5.41, 5.74) is -0.369. The molecule has 10 nitrogen and oxygen atoms in total. The Bertz CT molecular complexity index is 2020. The highest BCUT2D eigenvalue weighted by Crippen LogP contribution is 2.51. The first kappa shape index (κ1) is 36.3. The monoisotopic (exact) mass is 731 g/mol. The molecule has 4 aliphatic rings. The second-order valence-corrected chi connectivity index (χ2v) is 16.7. The Morgan fingerprint density at radius 3 is 2.68 bits per heavy atom. The van der Waals surface area contributed by atoms with Gasteiger partial charge in [0.25, 0.3) is 0 Å². The summed E-state index contributed by atoms with van der Waals surface area (Å²) in [6.45, 7) is 9.54. The number of piperidine rings is 1. The number of aromatic hydroxyl groups is 1. The van der Waals surface area contributed by atoms with Crippen molar-refractivity contribution in [2.24, 2.45) is 10.8 Å². The van der Waals surface area contributed by atoms with E-state index in [0.29, 0.717) is 65.9 Å². The lowest BCUT2D eigenvalue weighted by Gasteiger charge is -2.52. The molecule has 2 N–H and O–H groups in total. The van der Waals surface area contributed by atoms with Crippen LogP contribution in [0.4, 0.5) is 14.6 Å². The summed E-state index contributed by atoms with van der Waals surface area (Å²) in [4.78, 5) is 18.8. The molecule has 2 aliphatic heterocycles. The van der Waals surface area contributed by atoms with Crippen LogP contribution in [0.15, 0.2) is 30.5 Å². The summed E-state index contributed by atoms with van der Waals surface area (Å²) in [5, 5.41) is 23.2. The van der Waals surface area contributed by atoms with Crippen LogP contribution in [0.3, 0.4) is 0 Å². The molecule has 4 fully saturated rings. The second kappa shape index (κ2) is 13.9. The normalized spacial score (nSPS) is 29.3. The van der Waals surface area contributed by atoms with E-state index >= 15 is 8.78 Å². The molecule has 12 heteroatoms. The number of phenols is 1. The van der Waals surface area contributed by atoms with Gasteiger partial charge in [-0.05, 0) is 98.4 Å². The van der Waals surface area contributed by atoms with Gasteiger partial charge < -0.3 is 29.3 Å². The van der Waals surface area contributed by atoms with Crippen LogP contribution in [0.5, 0.6) is 11.8 Å². The molecule has 4 aromatic rings. The van der Waals surface area contributed by atoms with Gasteiger partial charge in [0.05, 0.1) is 37.9 Å². The van der Waals surface area contributed by atoms with Crippen LogP contribution in [-0.2, 0) is 15.9 Å². The zero-order valence-corrected chi connectivity index (χ0v) is 31.3. The third-order valence-electron chi connectivity index (χ3n) is 12.4. The summed E-state index contributed by atoms with van der Waals surface area (Å²) < 4.78 is 50.2. The SMILES string of the molecule is CCc1c(F)ccc2cc(O)cc(-c3ncc4c(N5CCOC[C@@](C)(O)C5)nc(OC[C@]56CCC[C@H]5N(CC5(C)CC(OC)C5)CCC6)nc4c3F)c12. The number of rotatable bonds is 9. The van der Waals surface area contributed by atoms with E-state index < -0.39 is 17.2 Å². The number of phenolic OH excluding ortho intramolecular Hbond substituents is 1. The Morgan fingerprint density at radius 2 is 1.89 bits per heavy atom. The van der Waals surface area contributed by atoms with Crippen molar-refractivity contribution in [2.45, 2.75) is 89.9 Å². The van der Waals surface area contributed by atoms with Crippen molar-refractivity contribution in [3.8, 4) is 23.0 Å². The van der Waals surface area contributed by atoms with Crippen LogP contribution < -0.4 is 9.64 Å². The first-order valence-electron chi connectivity index (χ1n) is 19.2. The van der Waals surface area contributed by atoms with E-state index in [-0.39, 0.29) is 52.5 Å². The number of likely N-dealkylation sites (tertiary alicyclic amines) is 1. The van der Waals surface area contributed by atoms with Crippen LogP contribution in [-0.4, -0.2) is 101 Å². The number of methoxy groups -OCH3 is 1. The van der Waals surface area contributed by atoms with E-state index in [0.717, 1.165) is 58.0 Å². The maximum Gasteiger partial charge on any atom is 0.319 e. The highest BCUT2D eigenvalue weighted by molar-refractivity contribution is 6.01. The van der Waals surface area contributed by atoms with E-state index in [1.165, 1.54) is 18.3 Å². The van der Waals surface area contributed by atoms with E-state index in [1.807, 2.05) is 11.8 Å². The Balaban J connectivity index is 1.19. The largest absolute Gasteiger partial charge is 0.508 e. The number of benzene rings is 2. The molecule has 2 saturated heterocycles. The lowest BCUT2D eigenvalue weighted by Crippen LogP contribution is -2.57. The quantitative estimate of drug-likeness (QED) is 0.191. The van der Waals surface area contributed by atoms with Crippen molar-refractivity contribution < 1.29 is 33.2 Å². The fourth-order valence-corrected chi connectivity index (χ4v) is 9.97. The summed E-state index contributed by atoms with van der Waals surface area (Å²) in [6.07, 6.45) is 9.79. The van der Waals surface area contributed by atoms with E-state index in [1.54, 1.807) is 26.2 Å². The lowest BCUT2D eigenvalue weighted by atomic mass is 9.66. The summed E-state index contributed by atoms with van der Waals surface area (Å²) in [7, 11) is 1.80. The maximum absolute atomic E-state index is 17.1. The minimum Gasteiger partial charge on any atom is -0.508 e. The molecule has 0 unspecified atom stereocenters. The molecule has 2 aromatic carbocycles. The Kier molecular flexibility index (Phi) is 9.48. The van der Waals surface area contributed by atoms with Crippen molar-refractivity contribution in [3.05, 3.63) is 47.7 Å². The second-order valence-electron chi connectivity index (χ2n) is 16.7. The van der Waals surface area contributed by atoms with Crippen LogP contribution in [0.1, 0.15) is 71.3 Å². The van der Waals surface area contributed by atoms with E-state index in [9.17, 15) is 10.2 Å². The molecule has 3 atom stereocenters. The van der Waals surface area contributed by atoms with Crippen molar-refractivity contribution in [2.75, 3.05) is 58.0 Å². The number of hydrogen-bond acceptors (Lipinski definition) is 10. The smallest absolute Gasteiger partial charge is 0.319 e. The minimum absolute atomic E-state index is 0.00195. The van der Waals surface area contributed by atoms with Gasteiger partial charge in [-0.2, -0.15) is 9.97 Å². The number of halogens is 2. The number of anilines is 1. The average Bonchev–Trinajstić information content (AvgIpc) is 3.47. The van der Waals surface area contributed by atoms with Gasteiger partial charge in [0.15, 0.2) is 5.82 Å². The molecule has 0 amide bonds. The van der Waals surface area contributed by atoms with Gasteiger partial charge in [0, 0.05) is 43.4 Å². The van der Waals surface area contributed by atoms with E-state index in [2.05, 4.69) is 16.8 Å². The van der Waals surface area contributed by atoms with Gasteiger partial charge in [-0.15, -0.1) is 0 Å². The fraction of sp³-hybridized carbons (Fsp3) is 0.585. The molecule has 2 saturated carbocycles. The number of aromatic nitrogens is 3. The Labute approximate surface area is 309 Å². The Hall–Kier alpha value is -3.71. The van der Waals surface area contributed by atoms with Gasteiger partial charge in [-0.1, -0.05) is 26.3 Å². The van der Waals surface area contributed by atoms with Crippen LogP contribution >= 0.6 is 0 Å². The van der Waals surface area contributed by atoms with Crippen molar-refractivity contribution in [1.82, 2.24) is 19.9 Å². The first-order valence-corrected chi connectivity index (χ1v) is 19.2. The zero-order valence-electron chi connectivity index (χ0n) is 31.3. The number of β-amino-alcohol motifs (C(OH)–C–C–N with tert-alkyl or cyclic N) is 1. The molecule has 8 rings (SSSR count). The standard InChI is InChI=1S/C41H51F2N5O5/c1-5-28-31(42)10-9-25-16-26(49)17-29(33(25)28)35-34(43)36-30(20-44-35)37(48-14-15-52-23-40(3,50)22-48)46-38(45-36)53-24-41-11-6-8-32(41)47(13-7-12-41)21-39(2)18-27(19-39)51-4/h9-10,16-17,20,27,32,49-50H,5-8,11-15,18-19,21-24H2,1-4H3/t27?,32-,39?,40+,41-/m1/s1. The molecule has 4 heterocycles. The maximum atomic E-state index is 17.1. The number of aryl methyl sites for hydroxylation is 1. The number of pyridine rings is 1. The first-order chi connectivity index (χ1) is 25.4. The van der Waals surface area contributed by atoms with Gasteiger partial charge >= 0.3 is 6.01 Å². The molecular weight excluding hydrogens is 680 g/mol. The number of hydrogen-bond donors (Lipinski definition) is 2. The van der Waals surface area contributed by atoms with Gasteiger partial charge in [-0.3, -0.25) is 9.88 Å². The molecule has 2 aromatic heterocycles. The number of aliphatic hydroxyl groups is 1. The Morgan fingerprint density at radius 1 is 1.08 bits per heavy atom. The number of fused-ring (bicyclic) bond motifs is 3. The van der Waals surface area contributed by atoms with E-state index in [4.69, 9.17) is 24.2 Å². The van der Waals surface area contributed by atoms with Crippen LogP contribution in [0.2, 0.25) is 0 Å². The molecule has 2 aliphatic carbocycles. The molecule has 0 spiro atoms. The molecule has 53 heavy (non-hydrogen) atoms. The lowest BCUT2D eigenvalue weighted by molar-refractivity contribution is -0.0877. The molecule has 0 radical (unpaired) electrons. The van der Waals surface area contributed by atoms with Crippen LogP contribution in [0, 0.1) is 22.5 Å². The summed E-state index contributed by atoms with van der Waals surface area (Å²) in [5.74, 6) is -0.823. The molecule has 0 bridgehead atoms. The molecular formula is C41H51F2N5O5. The highest BCUT2D eigenvalue weighted by atomic mass is 19.1. The third-order valence-corrected chi connectivity index (χ3v) is 12.4. The average molecular weight is 732 g/mol. The van der Waals surface area contributed by atoms with Crippen molar-refractivity contribution in [3.63, 3.8) is 0 Å². The minimum atomic E-state index is -1.18. The van der Waals surface area contributed by atoms with Gasteiger partial charge in [0.1, 0.15) is 34.2 Å². The van der Waals surface area contributed by atoms with Gasteiger partial charge in [-0.25, -0.2) is 8.78 Å². The van der Waals surface area contributed by atoms with Crippen LogP contribution in [0.25, 0.3) is 32.9 Å². The predicted molar refractivity (Wildman–Crippen MR) is 199 cm³/mol. The van der Waals surface area contributed by atoms with Crippen molar-refractivity contribution >= 4 is 27.5 Å². The van der Waals surface area contributed by atoms with Gasteiger partial charge in [0.2, 0.25) is 0 Å². The summed E-state index contributed by atoms with van der Waals surface area (Å²) >= 11 is 0. The number of nitrogens with zero attached hydrogens (tertiary/aromatic N) is 5. The summed E-state index contributed by atoms with van der Waals surface area (Å²) in [6, 6.07) is 6.35. The fourth-order valence-electron chi connectivity index (χ4n) is 9.97. The third kappa shape index (κ3) is 6.70. The van der Waals surface area contributed by atoms with Crippen molar-refractivity contribution in [1.29, 1.82) is 0 Å². The zero-order chi connectivity index (χ0) is 37.1. The number of ether oxygens (including phenoxy) is 3. The highest BCUT2D eigenvalue weighted by Gasteiger charge is 2.51. The topological polar surface area (TPSA) is 113 Å². The molecule has 284 valence electrons.